The van der Waals surface area contributed by atoms with Gasteiger partial charge >= 0.3 is 11.9 Å². The highest BCUT2D eigenvalue weighted by atomic mass is 32.2. The van der Waals surface area contributed by atoms with Crippen molar-refractivity contribution in [2.45, 2.75) is 30.5 Å². The Balaban J connectivity index is 3.03. The number of ether oxygens (including phenoxy) is 1. The Labute approximate surface area is 110 Å². The first-order chi connectivity index (χ1) is 8.38. The van der Waals surface area contributed by atoms with Crippen LogP contribution in [-0.2, 0) is 9.53 Å². The molecule has 6 heteroatoms. The number of carbonyl (C=O) groups is 2. The van der Waals surface area contributed by atoms with Gasteiger partial charge in [-0.25, -0.2) is 9.78 Å². The number of nitrogens with zero attached hydrogens (tertiary/aromatic N) is 1. The zero-order chi connectivity index (χ0) is 13.8. The van der Waals surface area contributed by atoms with Crippen molar-refractivity contribution in [1.29, 1.82) is 0 Å². The van der Waals surface area contributed by atoms with Gasteiger partial charge in [0.05, 0.1) is 12.2 Å². The van der Waals surface area contributed by atoms with Crippen molar-refractivity contribution in [2.24, 2.45) is 0 Å². The first kappa shape index (κ1) is 14.5. The molecule has 0 aliphatic carbocycles. The molecule has 0 unspecified atom stereocenters. The largest absolute Gasteiger partial charge is 0.480 e. The van der Waals surface area contributed by atoms with Crippen LogP contribution in [0.4, 0.5) is 0 Å². The van der Waals surface area contributed by atoms with Gasteiger partial charge < -0.3 is 9.84 Å². The van der Waals surface area contributed by atoms with E-state index in [2.05, 4.69) is 4.98 Å². The molecule has 0 radical (unpaired) electrons. The van der Waals surface area contributed by atoms with E-state index in [1.807, 2.05) is 0 Å². The van der Waals surface area contributed by atoms with Crippen LogP contribution in [0.15, 0.2) is 23.4 Å². The number of pyridine rings is 1. The molecule has 1 N–H and O–H groups in total. The van der Waals surface area contributed by atoms with Crippen LogP contribution >= 0.6 is 11.8 Å². The number of carboxylic acid groups (broad SMARTS) is 1. The summed E-state index contributed by atoms with van der Waals surface area (Å²) in [5, 5.41) is 9.43. The number of aliphatic carboxylic acids is 1. The maximum Gasteiger partial charge on any atom is 0.340 e. The summed E-state index contributed by atoms with van der Waals surface area (Å²) in [7, 11) is 0. The number of rotatable bonds is 5. The van der Waals surface area contributed by atoms with E-state index in [1.54, 1.807) is 32.9 Å². The molecule has 0 amide bonds. The van der Waals surface area contributed by atoms with Crippen LogP contribution in [0.1, 0.15) is 31.1 Å². The first-order valence-corrected chi connectivity index (χ1v) is 6.24. The van der Waals surface area contributed by atoms with Gasteiger partial charge in [-0.2, -0.15) is 0 Å². The molecule has 0 saturated heterocycles. The Morgan fingerprint density at radius 2 is 2.17 bits per heavy atom. The zero-order valence-corrected chi connectivity index (χ0v) is 11.3. The Bertz CT molecular complexity index is 459. The third kappa shape index (κ3) is 3.46. The van der Waals surface area contributed by atoms with Crippen molar-refractivity contribution >= 4 is 23.7 Å². The van der Waals surface area contributed by atoms with Crippen molar-refractivity contribution in [3.63, 3.8) is 0 Å². The van der Waals surface area contributed by atoms with Crippen LogP contribution < -0.4 is 0 Å². The van der Waals surface area contributed by atoms with Gasteiger partial charge in [0.2, 0.25) is 0 Å². The lowest BCUT2D eigenvalue weighted by Crippen LogP contribution is -2.27. The molecule has 0 aliphatic heterocycles. The van der Waals surface area contributed by atoms with E-state index >= 15 is 0 Å². The molecule has 98 valence electrons. The third-order valence-corrected chi connectivity index (χ3v) is 3.34. The maximum atomic E-state index is 11.7. The highest BCUT2D eigenvalue weighted by Crippen LogP contribution is 2.33. The van der Waals surface area contributed by atoms with E-state index in [-0.39, 0.29) is 6.61 Å². The van der Waals surface area contributed by atoms with Gasteiger partial charge in [0.15, 0.2) is 0 Å². The van der Waals surface area contributed by atoms with Crippen LogP contribution in [0.25, 0.3) is 0 Å². The van der Waals surface area contributed by atoms with Crippen molar-refractivity contribution in [3.8, 4) is 0 Å². The normalized spacial score (nSPS) is 11.1. The van der Waals surface area contributed by atoms with Crippen LogP contribution in [0.5, 0.6) is 0 Å². The summed E-state index contributed by atoms with van der Waals surface area (Å²) in [6.45, 7) is 5.09. The smallest absolute Gasteiger partial charge is 0.340 e. The summed E-state index contributed by atoms with van der Waals surface area (Å²) in [6, 6.07) is 3.19. The van der Waals surface area contributed by atoms with Crippen molar-refractivity contribution in [2.75, 3.05) is 6.61 Å². The van der Waals surface area contributed by atoms with Gasteiger partial charge in [0.25, 0.3) is 0 Å². The topological polar surface area (TPSA) is 76.5 Å². The molecule has 0 atom stereocenters. The van der Waals surface area contributed by atoms with Crippen molar-refractivity contribution in [3.05, 3.63) is 23.9 Å². The van der Waals surface area contributed by atoms with Crippen molar-refractivity contribution < 1.29 is 19.4 Å². The lowest BCUT2D eigenvalue weighted by atomic mass is 10.2. The molecule has 0 spiro atoms. The second kappa shape index (κ2) is 5.86. The summed E-state index contributed by atoms with van der Waals surface area (Å²) in [6.07, 6.45) is 1.52. The molecule has 0 bridgehead atoms. The predicted octanol–water partition coefficient (Wildman–Crippen LogP) is 2.21. The van der Waals surface area contributed by atoms with Gasteiger partial charge in [0.1, 0.15) is 9.77 Å². The van der Waals surface area contributed by atoms with Gasteiger partial charge in [-0.3, -0.25) is 4.79 Å². The average Bonchev–Trinajstić information content (AvgIpc) is 2.29. The summed E-state index contributed by atoms with van der Waals surface area (Å²) in [4.78, 5) is 26.8. The summed E-state index contributed by atoms with van der Waals surface area (Å²) in [5.74, 6) is -1.46. The minimum Gasteiger partial charge on any atom is -0.480 e. The SMILES string of the molecule is CCOC(=O)c1cccnc1SC(C)(C)C(=O)O. The standard InChI is InChI=1S/C12H15NO4S/c1-4-17-10(14)8-6-5-7-13-9(8)18-12(2,3)11(15)16/h5-7H,4H2,1-3H3,(H,15,16). The number of aromatic nitrogens is 1. The molecule has 0 saturated carbocycles. The molecule has 1 rings (SSSR count). The Morgan fingerprint density at radius 3 is 2.72 bits per heavy atom. The predicted molar refractivity (Wildman–Crippen MR) is 67.8 cm³/mol. The highest BCUT2D eigenvalue weighted by Gasteiger charge is 2.31. The minimum atomic E-state index is -1.06. The average molecular weight is 269 g/mol. The van der Waals surface area contributed by atoms with Crippen molar-refractivity contribution in [1.82, 2.24) is 4.98 Å². The summed E-state index contributed by atoms with van der Waals surface area (Å²) >= 11 is 1.02. The zero-order valence-electron chi connectivity index (χ0n) is 10.5. The van der Waals surface area contributed by atoms with E-state index in [1.165, 1.54) is 6.20 Å². The quantitative estimate of drug-likeness (QED) is 0.652. The van der Waals surface area contributed by atoms with Gasteiger partial charge in [-0.1, -0.05) is 11.8 Å². The fraction of sp³-hybridized carbons (Fsp3) is 0.417. The summed E-state index contributed by atoms with van der Waals surface area (Å²) < 4.78 is 3.84. The second-order valence-electron chi connectivity index (χ2n) is 3.99. The monoisotopic (exact) mass is 269 g/mol. The lowest BCUT2D eigenvalue weighted by Gasteiger charge is -2.18. The molecule has 5 nitrogen and oxygen atoms in total. The number of hydrogen-bond donors (Lipinski definition) is 1. The van der Waals surface area contributed by atoms with Gasteiger partial charge in [-0.15, -0.1) is 0 Å². The fourth-order valence-corrected chi connectivity index (χ4v) is 2.07. The first-order valence-electron chi connectivity index (χ1n) is 5.43. The van der Waals surface area contributed by atoms with E-state index < -0.39 is 16.7 Å². The number of carboxylic acids is 1. The van der Waals surface area contributed by atoms with Crippen LogP contribution in [0.3, 0.4) is 0 Å². The molecule has 1 aromatic rings. The van der Waals surface area contributed by atoms with E-state index in [4.69, 9.17) is 9.84 Å². The molecule has 0 aromatic carbocycles. The molecular weight excluding hydrogens is 254 g/mol. The van der Waals surface area contributed by atoms with Gasteiger partial charge in [-0.05, 0) is 32.9 Å². The fourth-order valence-electron chi connectivity index (χ4n) is 1.12. The van der Waals surface area contributed by atoms with E-state index in [9.17, 15) is 9.59 Å². The lowest BCUT2D eigenvalue weighted by molar-refractivity contribution is -0.138. The Morgan fingerprint density at radius 1 is 1.50 bits per heavy atom. The number of esters is 1. The molecule has 18 heavy (non-hydrogen) atoms. The molecule has 0 fully saturated rings. The molecular formula is C12H15NO4S. The molecule has 0 aliphatic rings. The molecule has 1 aromatic heterocycles. The number of carbonyl (C=O) groups excluding carboxylic acids is 1. The maximum absolute atomic E-state index is 11.7. The minimum absolute atomic E-state index is 0.264. The van der Waals surface area contributed by atoms with E-state index in [0.29, 0.717) is 10.6 Å². The number of hydrogen-bond acceptors (Lipinski definition) is 5. The van der Waals surface area contributed by atoms with Gasteiger partial charge in [0, 0.05) is 6.20 Å². The van der Waals surface area contributed by atoms with Crippen LogP contribution in [-0.4, -0.2) is 33.4 Å². The summed E-state index contributed by atoms with van der Waals surface area (Å²) in [5.41, 5.74) is 0.290. The van der Waals surface area contributed by atoms with Crippen LogP contribution in [0, 0.1) is 0 Å². The molecule has 1 heterocycles. The third-order valence-electron chi connectivity index (χ3n) is 2.13. The number of thioether (sulfide) groups is 1. The second-order valence-corrected chi connectivity index (χ2v) is 5.61. The highest BCUT2D eigenvalue weighted by molar-refractivity contribution is 8.01. The Kier molecular flexibility index (Phi) is 4.72. The Hall–Kier alpha value is -1.56. The van der Waals surface area contributed by atoms with Crippen LogP contribution in [0.2, 0.25) is 0 Å². The van der Waals surface area contributed by atoms with E-state index in [0.717, 1.165) is 11.8 Å².